The van der Waals surface area contributed by atoms with Gasteiger partial charge in [-0.15, -0.1) is 5.10 Å². The van der Waals surface area contributed by atoms with Gasteiger partial charge in [0.15, 0.2) is 6.23 Å². The Hall–Kier alpha value is -4.28. The summed E-state index contributed by atoms with van der Waals surface area (Å²) in [6.45, 7) is 0.0527. The first kappa shape index (κ1) is 27.9. The van der Waals surface area contributed by atoms with Gasteiger partial charge in [-0.25, -0.2) is 4.68 Å². The third kappa shape index (κ3) is 4.90. The minimum Gasteiger partial charge on any atom is -0.497 e. The lowest BCUT2D eigenvalue weighted by atomic mass is 9.80. The van der Waals surface area contributed by atoms with E-state index in [0.717, 1.165) is 39.2 Å². The lowest BCUT2D eigenvalue weighted by Gasteiger charge is -2.37. The Balaban J connectivity index is 1.40. The highest BCUT2D eigenvalue weighted by Gasteiger charge is 2.48. The molecule has 42 heavy (non-hydrogen) atoms. The number of aliphatic hydroxyl groups excluding tert-OH is 1. The molecule has 216 valence electrons. The molecule has 0 aliphatic carbocycles. The van der Waals surface area contributed by atoms with Crippen LogP contribution in [0.1, 0.15) is 22.9 Å². The van der Waals surface area contributed by atoms with Crippen molar-refractivity contribution in [2.24, 2.45) is 0 Å². The first-order valence-electron chi connectivity index (χ1n) is 13.7. The maximum absolute atomic E-state index is 11.4. The van der Waals surface area contributed by atoms with Crippen LogP contribution in [0.4, 0.5) is 0 Å². The van der Waals surface area contributed by atoms with Gasteiger partial charge < -0.3 is 28.8 Å². The van der Waals surface area contributed by atoms with Crippen molar-refractivity contribution < 1.29 is 28.8 Å². The fraction of sp³-hybridized carbons (Fsp3) is 0.273. The van der Waals surface area contributed by atoms with Gasteiger partial charge in [0, 0.05) is 7.11 Å². The molecule has 1 N–H and O–H groups in total. The summed E-state index contributed by atoms with van der Waals surface area (Å²) in [5.41, 5.74) is 3.14. The number of ether oxygens (including phenoxy) is 5. The summed E-state index contributed by atoms with van der Waals surface area (Å²) >= 11 is 0. The number of nitrogens with zero attached hydrogens (tertiary/aromatic N) is 3. The van der Waals surface area contributed by atoms with Crippen LogP contribution >= 0.6 is 0 Å². The summed E-state index contributed by atoms with van der Waals surface area (Å²) < 4.78 is 31.7. The summed E-state index contributed by atoms with van der Waals surface area (Å²) in [7, 11) is 4.83. The number of aromatic nitrogens is 3. The molecule has 2 heterocycles. The van der Waals surface area contributed by atoms with E-state index in [-0.39, 0.29) is 6.61 Å². The first-order chi connectivity index (χ1) is 20.6. The summed E-state index contributed by atoms with van der Waals surface area (Å²) in [5.74, 6) is 1.46. The van der Waals surface area contributed by atoms with Crippen LogP contribution in [0.2, 0.25) is 0 Å². The Morgan fingerprint density at radius 1 is 0.762 bits per heavy atom. The molecule has 1 aliphatic rings. The van der Waals surface area contributed by atoms with Crippen molar-refractivity contribution >= 4 is 11.0 Å². The first-order valence-corrected chi connectivity index (χ1v) is 13.7. The maximum atomic E-state index is 11.4. The van der Waals surface area contributed by atoms with Crippen LogP contribution in [0.25, 0.3) is 11.0 Å². The fourth-order valence-electron chi connectivity index (χ4n) is 5.66. The Morgan fingerprint density at radius 3 is 1.93 bits per heavy atom. The highest BCUT2D eigenvalue weighted by atomic mass is 16.6. The zero-order valence-corrected chi connectivity index (χ0v) is 23.7. The van der Waals surface area contributed by atoms with Gasteiger partial charge in [0.2, 0.25) is 0 Å². The molecule has 0 saturated carbocycles. The Bertz CT molecular complexity index is 1560. The average Bonchev–Trinajstić information content (AvgIpc) is 3.62. The van der Waals surface area contributed by atoms with Gasteiger partial charge in [-0.3, -0.25) is 0 Å². The Kier molecular flexibility index (Phi) is 7.90. The van der Waals surface area contributed by atoms with Gasteiger partial charge in [-0.1, -0.05) is 71.9 Å². The molecule has 9 heteroatoms. The molecule has 6 rings (SSSR count). The van der Waals surface area contributed by atoms with Crippen LogP contribution in [0.5, 0.6) is 11.5 Å². The molecule has 0 spiro atoms. The molecule has 0 bridgehead atoms. The number of methoxy groups -OCH3 is 3. The SMILES string of the molecule is COc1ccc(C(OC[C@H]2O[C@@H](n3nnc4ccccc43)[C@H](OC)[C@@H]2O)(c2ccccc2)c2ccc(OC)cc2)cc1. The predicted molar refractivity (Wildman–Crippen MR) is 157 cm³/mol. The van der Waals surface area contributed by atoms with Crippen molar-refractivity contribution in [3.63, 3.8) is 0 Å². The van der Waals surface area contributed by atoms with Crippen molar-refractivity contribution in [3.8, 4) is 11.5 Å². The van der Waals surface area contributed by atoms with E-state index >= 15 is 0 Å². The Labute approximate surface area is 244 Å². The Morgan fingerprint density at radius 2 is 1.33 bits per heavy atom. The molecule has 0 radical (unpaired) electrons. The molecule has 1 saturated heterocycles. The molecule has 0 amide bonds. The number of fused-ring (bicyclic) bond motifs is 1. The number of hydrogen-bond acceptors (Lipinski definition) is 8. The van der Waals surface area contributed by atoms with Crippen LogP contribution in [0, 0.1) is 0 Å². The van der Waals surface area contributed by atoms with Gasteiger partial charge >= 0.3 is 0 Å². The van der Waals surface area contributed by atoms with E-state index in [1.807, 2.05) is 103 Å². The van der Waals surface area contributed by atoms with Gasteiger partial charge in [0.1, 0.15) is 40.9 Å². The third-order valence-corrected chi connectivity index (χ3v) is 7.84. The third-order valence-electron chi connectivity index (χ3n) is 7.84. The van der Waals surface area contributed by atoms with Gasteiger partial charge in [0.05, 0.1) is 26.3 Å². The van der Waals surface area contributed by atoms with Gasteiger partial charge in [-0.2, -0.15) is 0 Å². The normalized spacial score (nSPS) is 20.6. The second-order valence-corrected chi connectivity index (χ2v) is 10.1. The zero-order chi connectivity index (χ0) is 29.1. The minimum atomic E-state index is -1.05. The standard InChI is InChI=1S/C33H33N3O6/c1-38-25-17-13-23(14-18-25)33(22-9-5-4-6-10-22,24-15-19-26(39-2)20-16-24)41-21-29-30(37)31(40-3)32(42-29)36-28-12-8-7-11-27(28)34-35-36/h4-20,29-32,37H,21H2,1-3H3/t29-,30-,31-,32-/m1/s1. The topological polar surface area (TPSA) is 97.1 Å². The van der Waals surface area contributed by atoms with Gasteiger partial charge in [-0.05, 0) is 53.1 Å². The fourth-order valence-corrected chi connectivity index (χ4v) is 5.66. The van der Waals surface area contributed by atoms with Crippen LogP contribution in [0.15, 0.2) is 103 Å². The van der Waals surface area contributed by atoms with Crippen molar-refractivity contribution in [1.29, 1.82) is 0 Å². The number of hydrogen-bond donors (Lipinski definition) is 1. The van der Waals surface area contributed by atoms with Crippen LogP contribution < -0.4 is 9.47 Å². The lowest BCUT2D eigenvalue weighted by molar-refractivity contribution is -0.0977. The number of rotatable bonds is 10. The zero-order valence-electron chi connectivity index (χ0n) is 23.7. The average molecular weight is 568 g/mol. The maximum Gasteiger partial charge on any atom is 0.181 e. The molecule has 1 aromatic heterocycles. The molecule has 1 aliphatic heterocycles. The highest BCUT2D eigenvalue weighted by Crippen LogP contribution is 2.43. The summed E-state index contributed by atoms with van der Waals surface area (Å²) in [5, 5.41) is 20.0. The molecular weight excluding hydrogens is 534 g/mol. The predicted octanol–water partition coefficient (Wildman–Crippen LogP) is 4.73. The van der Waals surface area contributed by atoms with E-state index in [2.05, 4.69) is 10.3 Å². The van der Waals surface area contributed by atoms with Crippen molar-refractivity contribution in [1.82, 2.24) is 15.0 Å². The van der Waals surface area contributed by atoms with E-state index in [1.165, 1.54) is 0 Å². The molecule has 4 aromatic carbocycles. The smallest absolute Gasteiger partial charge is 0.181 e. The minimum absolute atomic E-state index is 0.0527. The largest absolute Gasteiger partial charge is 0.497 e. The van der Waals surface area contributed by atoms with E-state index in [1.54, 1.807) is 26.0 Å². The molecule has 0 unspecified atom stereocenters. The van der Waals surface area contributed by atoms with E-state index in [0.29, 0.717) is 0 Å². The molecular formula is C33H33N3O6. The van der Waals surface area contributed by atoms with Crippen LogP contribution in [0.3, 0.4) is 0 Å². The van der Waals surface area contributed by atoms with Crippen LogP contribution in [-0.4, -0.2) is 66.3 Å². The summed E-state index contributed by atoms with van der Waals surface area (Å²) in [4.78, 5) is 0. The quantitative estimate of drug-likeness (QED) is 0.242. The van der Waals surface area contributed by atoms with E-state index in [4.69, 9.17) is 23.7 Å². The molecule has 4 atom stereocenters. The molecule has 9 nitrogen and oxygen atoms in total. The molecule has 5 aromatic rings. The second-order valence-electron chi connectivity index (χ2n) is 10.1. The highest BCUT2D eigenvalue weighted by molar-refractivity contribution is 5.74. The summed E-state index contributed by atoms with van der Waals surface area (Å²) in [6.07, 6.45) is -3.08. The lowest BCUT2D eigenvalue weighted by Crippen LogP contribution is -2.40. The van der Waals surface area contributed by atoms with Gasteiger partial charge in [0.25, 0.3) is 0 Å². The monoisotopic (exact) mass is 567 g/mol. The van der Waals surface area contributed by atoms with Crippen LogP contribution in [-0.2, 0) is 19.8 Å². The summed E-state index contributed by atoms with van der Waals surface area (Å²) in [6, 6.07) is 33.2. The van der Waals surface area contributed by atoms with E-state index in [9.17, 15) is 5.11 Å². The van der Waals surface area contributed by atoms with Crippen molar-refractivity contribution in [3.05, 3.63) is 120 Å². The second kappa shape index (κ2) is 11.9. The van der Waals surface area contributed by atoms with Crippen molar-refractivity contribution in [2.45, 2.75) is 30.1 Å². The number of benzene rings is 4. The number of aliphatic hydroxyl groups is 1. The van der Waals surface area contributed by atoms with Crippen molar-refractivity contribution in [2.75, 3.05) is 27.9 Å². The van der Waals surface area contributed by atoms with E-state index < -0.39 is 30.1 Å². The molecule has 1 fully saturated rings. The number of para-hydroxylation sites is 1.